The Labute approximate surface area is 120 Å². The van der Waals surface area contributed by atoms with E-state index in [9.17, 15) is 8.42 Å². The molecule has 0 aliphatic rings. The molecule has 0 fully saturated rings. The van der Waals surface area contributed by atoms with Gasteiger partial charge >= 0.3 is 0 Å². The lowest BCUT2D eigenvalue weighted by Crippen LogP contribution is -2.31. The molecule has 1 aromatic rings. The highest BCUT2D eigenvalue weighted by atomic mass is 35.5. The number of nitrogens with one attached hydrogen (secondary N) is 1. The van der Waals surface area contributed by atoms with Crippen LogP contribution in [0.5, 0.6) is 0 Å². The maximum atomic E-state index is 12.3. The molecule has 1 heterocycles. The highest BCUT2D eigenvalue weighted by molar-refractivity contribution is 7.89. The average Bonchev–Trinajstić information content (AvgIpc) is 2.50. The van der Waals surface area contributed by atoms with Gasteiger partial charge in [-0.05, 0) is 26.2 Å². The summed E-state index contributed by atoms with van der Waals surface area (Å²) in [5.74, 6) is 0.439. The van der Waals surface area contributed by atoms with Gasteiger partial charge in [0.15, 0.2) is 0 Å². The van der Waals surface area contributed by atoms with Crippen LogP contribution < -0.4 is 4.72 Å². The van der Waals surface area contributed by atoms with Gasteiger partial charge in [-0.2, -0.15) is 5.10 Å². The molecule has 1 rings (SSSR count). The minimum Gasteiger partial charge on any atom is -0.271 e. The molecule has 0 bridgehead atoms. The van der Waals surface area contributed by atoms with Crippen LogP contribution in [0.25, 0.3) is 0 Å². The zero-order chi connectivity index (χ0) is 14.8. The van der Waals surface area contributed by atoms with Gasteiger partial charge < -0.3 is 0 Å². The molecule has 1 unspecified atom stereocenters. The Hall–Kier alpha value is -0.590. The lowest BCUT2D eigenvalue weighted by molar-refractivity contribution is 0.544. The molecule has 0 amide bonds. The van der Waals surface area contributed by atoms with E-state index in [1.165, 1.54) is 0 Å². The van der Waals surface area contributed by atoms with Crippen molar-refractivity contribution in [3.8, 4) is 0 Å². The van der Waals surface area contributed by atoms with Crippen LogP contribution in [0.2, 0.25) is 0 Å². The summed E-state index contributed by atoms with van der Waals surface area (Å²) in [4.78, 5) is 0.253. The van der Waals surface area contributed by atoms with E-state index in [0.717, 1.165) is 6.42 Å². The zero-order valence-corrected chi connectivity index (χ0v) is 13.6. The van der Waals surface area contributed by atoms with Gasteiger partial charge in [0, 0.05) is 19.0 Å². The van der Waals surface area contributed by atoms with E-state index in [1.807, 2.05) is 0 Å². The summed E-state index contributed by atoms with van der Waals surface area (Å²) in [6.07, 6.45) is 0.773. The molecule has 19 heavy (non-hydrogen) atoms. The van der Waals surface area contributed by atoms with Crippen molar-refractivity contribution in [3.63, 3.8) is 0 Å². The Bertz CT molecular complexity index is 537. The topological polar surface area (TPSA) is 64.0 Å². The standard InChI is InChI=1S/C12H22ClN3O2S/c1-8(2)6-11(13)7-14-19(17,18)12-9(3)15-16(5)10(12)4/h8,11,14H,6-7H2,1-5H3. The fourth-order valence-electron chi connectivity index (χ4n) is 2.01. The highest BCUT2D eigenvalue weighted by Crippen LogP contribution is 2.19. The predicted molar refractivity (Wildman–Crippen MR) is 77.0 cm³/mol. The number of hydrogen-bond acceptors (Lipinski definition) is 3. The van der Waals surface area contributed by atoms with Crippen molar-refractivity contribution in [1.82, 2.24) is 14.5 Å². The van der Waals surface area contributed by atoms with Gasteiger partial charge in [0.05, 0.1) is 11.4 Å². The monoisotopic (exact) mass is 307 g/mol. The van der Waals surface area contributed by atoms with Gasteiger partial charge in [-0.3, -0.25) is 4.68 Å². The Morgan fingerprint density at radius 3 is 2.37 bits per heavy atom. The smallest absolute Gasteiger partial charge is 0.244 e. The first-order valence-electron chi connectivity index (χ1n) is 6.29. The predicted octanol–water partition coefficient (Wildman–Crippen LogP) is 1.97. The van der Waals surface area contributed by atoms with Crippen LogP contribution in [-0.4, -0.2) is 30.1 Å². The quantitative estimate of drug-likeness (QED) is 0.817. The van der Waals surface area contributed by atoms with Crippen molar-refractivity contribution in [2.45, 2.75) is 44.4 Å². The van der Waals surface area contributed by atoms with Crippen LogP contribution in [0.4, 0.5) is 0 Å². The second kappa shape index (κ2) is 6.24. The van der Waals surface area contributed by atoms with Crippen molar-refractivity contribution >= 4 is 21.6 Å². The molecule has 0 aliphatic heterocycles. The minimum atomic E-state index is -3.55. The van der Waals surface area contributed by atoms with Crippen LogP contribution in [0.15, 0.2) is 4.90 Å². The number of nitrogens with zero attached hydrogens (tertiary/aromatic N) is 2. The van der Waals surface area contributed by atoms with Gasteiger partial charge in [0.2, 0.25) is 10.0 Å². The number of aromatic nitrogens is 2. The fourth-order valence-corrected chi connectivity index (χ4v) is 4.05. The van der Waals surface area contributed by atoms with E-state index in [0.29, 0.717) is 17.3 Å². The molecule has 0 saturated carbocycles. The number of sulfonamides is 1. The summed E-state index contributed by atoms with van der Waals surface area (Å²) < 4.78 is 28.6. The van der Waals surface area contributed by atoms with Crippen LogP contribution in [0, 0.1) is 19.8 Å². The molecule has 5 nitrogen and oxygen atoms in total. The Balaban J connectivity index is 2.82. The van der Waals surface area contributed by atoms with Crippen molar-refractivity contribution < 1.29 is 8.42 Å². The summed E-state index contributed by atoms with van der Waals surface area (Å²) in [6.45, 7) is 7.77. The van der Waals surface area contributed by atoms with E-state index in [4.69, 9.17) is 11.6 Å². The molecule has 1 aromatic heterocycles. The third kappa shape index (κ3) is 4.19. The third-order valence-corrected chi connectivity index (χ3v) is 4.94. The summed E-state index contributed by atoms with van der Waals surface area (Å²) in [7, 11) is -1.82. The molecule has 1 N–H and O–H groups in total. The van der Waals surface area contributed by atoms with E-state index >= 15 is 0 Å². The first-order valence-corrected chi connectivity index (χ1v) is 8.21. The molecule has 0 aliphatic carbocycles. The average molecular weight is 308 g/mol. The van der Waals surface area contributed by atoms with Gasteiger partial charge in [-0.25, -0.2) is 13.1 Å². The fraction of sp³-hybridized carbons (Fsp3) is 0.750. The van der Waals surface area contributed by atoms with E-state index < -0.39 is 10.0 Å². The number of hydrogen-bond donors (Lipinski definition) is 1. The first-order chi connectivity index (χ1) is 8.65. The molecule has 110 valence electrons. The van der Waals surface area contributed by atoms with Gasteiger partial charge in [0.1, 0.15) is 4.90 Å². The van der Waals surface area contributed by atoms with E-state index in [-0.39, 0.29) is 16.8 Å². The molecule has 0 spiro atoms. The molecule has 1 atom stereocenters. The van der Waals surface area contributed by atoms with Gasteiger partial charge in [-0.1, -0.05) is 13.8 Å². The Morgan fingerprint density at radius 1 is 1.37 bits per heavy atom. The van der Waals surface area contributed by atoms with Crippen LogP contribution in [0.1, 0.15) is 31.7 Å². The molecule has 0 aromatic carbocycles. The molecular weight excluding hydrogens is 286 g/mol. The van der Waals surface area contributed by atoms with E-state index in [1.54, 1.807) is 25.6 Å². The molecule has 0 saturated heterocycles. The SMILES string of the molecule is Cc1nn(C)c(C)c1S(=O)(=O)NCC(Cl)CC(C)C. The zero-order valence-electron chi connectivity index (χ0n) is 12.1. The third-order valence-electron chi connectivity index (χ3n) is 2.93. The maximum Gasteiger partial charge on any atom is 0.244 e. The number of alkyl halides is 1. The van der Waals surface area contributed by atoms with Gasteiger partial charge in [-0.15, -0.1) is 11.6 Å². The summed E-state index contributed by atoms with van der Waals surface area (Å²) >= 11 is 6.11. The van der Waals surface area contributed by atoms with Crippen molar-refractivity contribution in [2.24, 2.45) is 13.0 Å². The Morgan fingerprint density at radius 2 is 1.95 bits per heavy atom. The Kier molecular flexibility index (Phi) is 5.41. The normalized spacial score (nSPS) is 14.1. The van der Waals surface area contributed by atoms with Crippen LogP contribution in [0.3, 0.4) is 0 Å². The van der Waals surface area contributed by atoms with Crippen molar-refractivity contribution in [3.05, 3.63) is 11.4 Å². The molecule has 0 radical (unpaired) electrons. The summed E-state index contributed by atoms with van der Waals surface area (Å²) in [5.41, 5.74) is 1.13. The molecule has 7 heteroatoms. The second-order valence-electron chi connectivity index (χ2n) is 5.20. The highest BCUT2D eigenvalue weighted by Gasteiger charge is 2.24. The lowest BCUT2D eigenvalue weighted by atomic mass is 10.1. The number of aryl methyl sites for hydroxylation is 2. The minimum absolute atomic E-state index is 0.202. The summed E-state index contributed by atoms with van der Waals surface area (Å²) in [5, 5.41) is 3.92. The van der Waals surface area contributed by atoms with Crippen LogP contribution in [-0.2, 0) is 17.1 Å². The largest absolute Gasteiger partial charge is 0.271 e. The maximum absolute atomic E-state index is 12.3. The number of rotatable bonds is 6. The van der Waals surface area contributed by atoms with Crippen molar-refractivity contribution in [2.75, 3.05) is 6.54 Å². The lowest BCUT2D eigenvalue weighted by Gasteiger charge is -2.13. The molecular formula is C12H22ClN3O2S. The number of halogens is 1. The summed E-state index contributed by atoms with van der Waals surface area (Å²) in [6, 6.07) is 0. The first kappa shape index (κ1) is 16.5. The second-order valence-corrected chi connectivity index (χ2v) is 7.52. The van der Waals surface area contributed by atoms with Crippen molar-refractivity contribution in [1.29, 1.82) is 0 Å². The van der Waals surface area contributed by atoms with Gasteiger partial charge in [0.25, 0.3) is 0 Å². The van der Waals surface area contributed by atoms with E-state index in [2.05, 4.69) is 23.7 Å². The van der Waals surface area contributed by atoms with Crippen LogP contribution >= 0.6 is 11.6 Å².